The Morgan fingerprint density at radius 3 is 2.39 bits per heavy atom. The molecule has 0 aliphatic carbocycles. The van der Waals surface area contributed by atoms with E-state index in [0.29, 0.717) is 11.4 Å². The molecule has 1 heterocycles. The van der Waals surface area contributed by atoms with Crippen molar-refractivity contribution in [3.8, 4) is 6.07 Å². The van der Waals surface area contributed by atoms with Crippen LogP contribution in [0.1, 0.15) is 22.2 Å². The van der Waals surface area contributed by atoms with Crippen LogP contribution in [0, 0.1) is 11.3 Å². The molecule has 0 radical (unpaired) electrons. The predicted octanol–water partition coefficient (Wildman–Crippen LogP) is 1.53. The molecule has 6 heteroatoms. The number of nitrogens with zero attached hydrogens (tertiary/aromatic N) is 3. The van der Waals surface area contributed by atoms with Gasteiger partial charge in [-0.05, 0) is 11.6 Å². The average molecular weight is 257 g/mol. The van der Waals surface area contributed by atoms with Crippen molar-refractivity contribution in [2.45, 2.75) is 5.25 Å². The van der Waals surface area contributed by atoms with Crippen LogP contribution in [0.5, 0.6) is 0 Å². The van der Waals surface area contributed by atoms with E-state index in [2.05, 4.69) is 28.7 Å². The van der Waals surface area contributed by atoms with E-state index in [1.54, 1.807) is 18.2 Å². The van der Waals surface area contributed by atoms with Gasteiger partial charge in [0.05, 0.1) is 16.9 Å². The number of hydrogen-bond donors (Lipinski definition) is 3. The summed E-state index contributed by atoms with van der Waals surface area (Å²) in [6.45, 7) is 0. The highest BCUT2D eigenvalue weighted by Gasteiger charge is 2.16. The lowest BCUT2D eigenvalue weighted by molar-refractivity contribution is 0.964. The number of rotatable bonds is 2. The number of thiol groups is 1. The fraction of sp³-hybridized carbons (Fsp3) is 0.0833. The molecule has 2 rings (SSSR count). The van der Waals surface area contributed by atoms with Crippen LogP contribution in [-0.4, -0.2) is 9.97 Å². The molecular weight excluding hydrogens is 246 g/mol. The Balaban J connectivity index is 2.48. The third kappa shape index (κ3) is 2.36. The van der Waals surface area contributed by atoms with E-state index in [4.69, 9.17) is 16.7 Å². The second-order valence-corrected chi connectivity index (χ2v) is 4.19. The quantitative estimate of drug-likeness (QED) is 0.708. The zero-order valence-corrected chi connectivity index (χ0v) is 10.3. The van der Waals surface area contributed by atoms with Crippen LogP contribution in [0.2, 0.25) is 0 Å². The van der Waals surface area contributed by atoms with E-state index < -0.39 is 5.25 Å². The van der Waals surface area contributed by atoms with Crippen molar-refractivity contribution >= 4 is 24.3 Å². The smallest absolute Gasteiger partial charge is 0.150 e. The number of aromatic nitrogens is 2. The lowest BCUT2D eigenvalue weighted by Gasteiger charge is -2.12. The average Bonchev–Trinajstić information content (AvgIpc) is 2.36. The van der Waals surface area contributed by atoms with Gasteiger partial charge in [-0.15, -0.1) is 0 Å². The standard InChI is InChI=1S/C12H11N5S/c13-6-7-3-1-2-4-8(7)11(18)12-16-9(14)5-10(15)17-12/h1-5,11,18H,(H4,14,15,16,17). The van der Waals surface area contributed by atoms with Gasteiger partial charge in [0, 0.05) is 6.07 Å². The van der Waals surface area contributed by atoms with E-state index >= 15 is 0 Å². The molecule has 1 unspecified atom stereocenters. The molecule has 0 aliphatic heterocycles. The van der Waals surface area contributed by atoms with Gasteiger partial charge in [0.25, 0.3) is 0 Å². The molecule has 0 saturated heterocycles. The van der Waals surface area contributed by atoms with Gasteiger partial charge in [0.1, 0.15) is 17.5 Å². The molecule has 0 saturated carbocycles. The first-order chi connectivity index (χ1) is 8.61. The number of nitrogens with two attached hydrogens (primary N) is 2. The molecule has 2 aromatic rings. The van der Waals surface area contributed by atoms with Gasteiger partial charge in [-0.1, -0.05) is 18.2 Å². The molecule has 1 aromatic heterocycles. The third-order valence-electron chi connectivity index (χ3n) is 2.40. The van der Waals surface area contributed by atoms with Crippen LogP contribution >= 0.6 is 12.6 Å². The maximum absolute atomic E-state index is 9.05. The van der Waals surface area contributed by atoms with E-state index in [0.717, 1.165) is 5.56 Å². The topological polar surface area (TPSA) is 102 Å². The highest BCUT2D eigenvalue weighted by Crippen LogP contribution is 2.28. The summed E-state index contributed by atoms with van der Waals surface area (Å²) in [6, 6.07) is 10.7. The van der Waals surface area contributed by atoms with Gasteiger partial charge in [-0.2, -0.15) is 17.9 Å². The maximum atomic E-state index is 9.05. The Bertz CT molecular complexity index is 600. The Labute approximate surface area is 110 Å². The van der Waals surface area contributed by atoms with Gasteiger partial charge in [-0.3, -0.25) is 0 Å². The second kappa shape index (κ2) is 4.94. The monoisotopic (exact) mass is 257 g/mol. The first kappa shape index (κ1) is 12.2. The van der Waals surface area contributed by atoms with E-state index in [9.17, 15) is 0 Å². The van der Waals surface area contributed by atoms with Gasteiger partial charge in [-0.25, -0.2) is 9.97 Å². The summed E-state index contributed by atoms with van der Waals surface area (Å²) in [6.07, 6.45) is 0. The Kier molecular flexibility index (Phi) is 3.35. The number of anilines is 2. The number of benzene rings is 1. The van der Waals surface area contributed by atoms with Crippen molar-refractivity contribution in [1.82, 2.24) is 9.97 Å². The normalized spacial score (nSPS) is 11.8. The van der Waals surface area contributed by atoms with Crippen molar-refractivity contribution in [3.05, 3.63) is 47.3 Å². The molecule has 1 atom stereocenters. The minimum atomic E-state index is -0.438. The van der Waals surface area contributed by atoms with E-state index in [1.165, 1.54) is 6.07 Å². The van der Waals surface area contributed by atoms with Crippen molar-refractivity contribution in [2.75, 3.05) is 11.5 Å². The SMILES string of the molecule is N#Cc1ccccc1C(S)c1nc(N)cc(N)n1. The molecule has 1 aromatic carbocycles. The Morgan fingerprint density at radius 1 is 1.17 bits per heavy atom. The molecule has 0 bridgehead atoms. The van der Waals surface area contributed by atoms with Crippen LogP contribution < -0.4 is 11.5 Å². The summed E-state index contributed by atoms with van der Waals surface area (Å²) in [7, 11) is 0. The summed E-state index contributed by atoms with van der Waals surface area (Å²) >= 11 is 4.44. The first-order valence-electron chi connectivity index (χ1n) is 5.19. The molecular formula is C12H11N5S. The lowest BCUT2D eigenvalue weighted by atomic mass is 10.0. The fourth-order valence-electron chi connectivity index (χ4n) is 1.60. The van der Waals surface area contributed by atoms with E-state index in [1.807, 2.05) is 6.07 Å². The van der Waals surface area contributed by atoms with Crippen molar-refractivity contribution in [3.63, 3.8) is 0 Å². The largest absolute Gasteiger partial charge is 0.384 e. The molecule has 0 spiro atoms. The Morgan fingerprint density at radius 2 is 1.78 bits per heavy atom. The van der Waals surface area contributed by atoms with Gasteiger partial charge < -0.3 is 11.5 Å². The molecule has 5 nitrogen and oxygen atoms in total. The summed E-state index contributed by atoms with van der Waals surface area (Å²) < 4.78 is 0. The van der Waals surface area contributed by atoms with Crippen molar-refractivity contribution in [2.24, 2.45) is 0 Å². The second-order valence-electron chi connectivity index (χ2n) is 3.68. The molecule has 0 amide bonds. The predicted molar refractivity (Wildman–Crippen MR) is 72.8 cm³/mol. The van der Waals surface area contributed by atoms with Crippen LogP contribution in [0.15, 0.2) is 30.3 Å². The van der Waals surface area contributed by atoms with Crippen LogP contribution in [0.3, 0.4) is 0 Å². The Hall–Kier alpha value is -2.26. The minimum absolute atomic E-state index is 0.283. The number of nitrogen functional groups attached to an aromatic ring is 2. The van der Waals surface area contributed by atoms with Gasteiger partial charge in [0.2, 0.25) is 0 Å². The van der Waals surface area contributed by atoms with Gasteiger partial charge in [0.15, 0.2) is 0 Å². The molecule has 90 valence electrons. The minimum Gasteiger partial charge on any atom is -0.384 e. The van der Waals surface area contributed by atoms with Crippen LogP contribution in [-0.2, 0) is 0 Å². The highest BCUT2D eigenvalue weighted by molar-refractivity contribution is 7.80. The van der Waals surface area contributed by atoms with E-state index in [-0.39, 0.29) is 11.6 Å². The van der Waals surface area contributed by atoms with Gasteiger partial charge >= 0.3 is 0 Å². The molecule has 18 heavy (non-hydrogen) atoms. The lowest BCUT2D eigenvalue weighted by Crippen LogP contribution is -2.07. The first-order valence-corrected chi connectivity index (χ1v) is 5.70. The van der Waals surface area contributed by atoms with Crippen LogP contribution in [0.25, 0.3) is 0 Å². The molecule has 0 fully saturated rings. The summed E-state index contributed by atoms with van der Waals surface area (Å²) in [5.74, 6) is 0.954. The summed E-state index contributed by atoms with van der Waals surface area (Å²) in [4.78, 5) is 8.17. The maximum Gasteiger partial charge on any atom is 0.150 e. The van der Waals surface area contributed by atoms with Crippen molar-refractivity contribution < 1.29 is 0 Å². The molecule has 4 N–H and O–H groups in total. The summed E-state index contributed by atoms with van der Waals surface area (Å²) in [5, 5.41) is 8.61. The number of nitriles is 1. The summed E-state index contributed by atoms with van der Waals surface area (Å²) in [5.41, 5.74) is 12.5. The zero-order valence-electron chi connectivity index (χ0n) is 9.41. The zero-order chi connectivity index (χ0) is 13.1. The van der Waals surface area contributed by atoms with Crippen molar-refractivity contribution in [1.29, 1.82) is 5.26 Å². The van der Waals surface area contributed by atoms with Crippen LogP contribution in [0.4, 0.5) is 11.6 Å². The highest BCUT2D eigenvalue weighted by atomic mass is 32.1. The number of hydrogen-bond acceptors (Lipinski definition) is 6. The molecule has 0 aliphatic rings. The third-order valence-corrected chi connectivity index (χ3v) is 2.91. The fourth-order valence-corrected chi connectivity index (χ4v) is 1.94.